The summed E-state index contributed by atoms with van der Waals surface area (Å²) in [7, 11) is 0. The molecule has 0 fully saturated rings. The Bertz CT molecular complexity index is 8.85. The van der Waals surface area contributed by atoms with Crippen molar-refractivity contribution >= 4 is 36.6 Å². The molecule has 0 saturated heterocycles. The van der Waals surface area contributed by atoms with Crippen LogP contribution in [0.3, 0.4) is 0 Å². The predicted molar refractivity (Wildman–Crippen MR) is 39.6 cm³/mol. The molecule has 0 aliphatic rings. The molecule has 0 bridgehead atoms. The van der Waals surface area contributed by atoms with E-state index in [4.69, 9.17) is 0 Å². The standard InChI is InChI=1S/C3H8S.HI/c1-2-3-4;/h4H,2-3H2,1H3;1H. The van der Waals surface area contributed by atoms with Crippen LogP contribution in [-0.4, -0.2) is 5.75 Å². The van der Waals surface area contributed by atoms with Crippen LogP contribution in [0, 0.1) is 0 Å². The van der Waals surface area contributed by atoms with Gasteiger partial charge in [0.1, 0.15) is 0 Å². The number of thiol groups is 1. The SMILES string of the molecule is CCCS.I. The van der Waals surface area contributed by atoms with Crippen molar-refractivity contribution in [3.8, 4) is 0 Å². The van der Waals surface area contributed by atoms with Gasteiger partial charge >= 0.3 is 0 Å². The van der Waals surface area contributed by atoms with E-state index in [2.05, 4.69) is 19.6 Å². The first-order valence-corrected chi connectivity index (χ1v) is 2.16. The summed E-state index contributed by atoms with van der Waals surface area (Å²) in [6.07, 6.45) is 1.18. The predicted octanol–water partition coefficient (Wildman–Crippen LogP) is 1.94. The van der Waals surface area contributed by atoms with E-state index in [1.54, 1.807) is 0 Å². The largest absolute Gasteiger partial charge is 0.179 e. The molecule has 0 saturated carbocycles. The van der Waals surface area contributed by atoms with Gasteiger partial charge in [-0.3, -0.25) is 0 Å². The molecule has 0 heterocycles. The number of hydrogen-bond acceptors (Lipinski definition) is 1. The van der Waals surface area contributed by atoms with Gasteiger partial charge in [-0.1, -0.05) is 6.92 Å². The molecular weight excluding hydrogens is 195 g/mol. The average Bonchev–Trinajstić information content (AvgIpc) is 1.37. The van der Waals surface area contributed by atoms with Gasteiger partial charge in [0.25, 0.3) is 0 Å². The minimum Gasteiger partial charge on any atom is -0.179 e. The lowest BCUT2D eigenvalue weighted by Crippen LogP contribution is -1.56. The Morgan fingerprint density at radius 1 is 1.60 bits per heavy atom. The molecule has 0 aliphatic carbocycles. The smallest absolute Gasteiger partial charge is 0.0101 e. The molecule has 0 unspecified atom stereocenters. The van der Waals surface area contributed by atoms with Crippen LogP contribution in [0.4, 0.5) is 0 Å². The van der Waals surface area contributed by atoms with Crippen molar-refractivity contribution in [1.29, 1.82) is 0 Å². The van der Waals surface area contributed by atoms with Crippen LogP contribution in [0.15, 0.2) is 0 Å². The van der Waals surface area contributed by atoms with Crippen LogP contribution in [0.25, 0.3) is 0 Å². The molecule has 2 heteroatoms. The average molecular weight is 204 g/mol. The van der Waals surface area contributed by atoms with E-state index >= 15 is 0 Å². The zero-order chi connectivity index (χ0) is 3.41. The van der Waals surface area contributed by atoms with Gasteiger partial charge in [0.15, 0.2) is 0 Å². The Morgan fingerprint density at radius 2 is 1.80 bits per heavy atom. The summed E-state index contributed by atoms with van der Waals surface area (Å²) in [6, 6.07) is 0. The van der Waals surface area contributed by atoms with E-state index in [0.29, 0.717) is 0 Å². The number of hydrogen-bond donors (Lipinski definition) is 1. The van der Waals surface area contributed by atoms with Gasteiger partial charge in [0.2, 0.25) is 0 Å². The Balaban J connectivity index is 0. The molecule has 0 radical (unpaired) electrons. The highest BCUT2D eigenvalue weighted by Crippen LogP contribution is 1.74. The summed E-state index contributed by atoms with van der Waals surface area (Å²) in [4.78, 5) is 0. The highest BCUT2D eigenvalue weighted by atomic mass is 127. The summed E-state index contributed by atoms with van der Waals surface area (Å²) >= 11 is 3.92. The Morgan fingerprint density at radius 3 is 1.80 bits per heavy atom. The second-order valence-corrected chi connectivity index (χ2v) is 1.17. The molecule has 0 atom stereocenters. The molecule has 0 spiro atoms. The van der Waals surface area contributed by atoms with Gasteiger partial charge in [0.05, 0.1) is 0 Å². The van der Waals surface area contributed by atoms with Crippen LogP contribution >= 0.6 is 36.6 Å². The van der Waals surface area contributed by atoms with Crippen molar-refractivity contribution in [2.45, 2.75) is 13.3 Å². The fraction of sp³-hybridized carbons (Fsp3) is 1.00. The fourth-order valence-corrected chi connectivity index (χ4v) is 0. The molecule has 5 heavy (non-hydrogen) atoms. The van der Waals surface area contributed by atoms with Crippen molar-refractivity contribution in [3.05, 3.63) is 0 Å². The third kappa shape index (κ3) is 11.1. The van der Waals surface area contributed by atoms with Crippen LogP contribution in [0.2, 0.25) is 0 Å². The maximum Gasteiger partial charge on any atom is -0.0101 e. The third-order valence-corrected chi connectivity index (χ3v) is 0.671. The zero-order valence-electron chi connectivity index (χ0n) is 3.27. The summed E-state index contributed by atoms with van der Waals surface area (Å²) < 4.78 is 0. The number of rotatable bonds is 1. The van der Waals surface area contributed by atoms with Gasteiger partial charge in [-0.2, -0.15) is 12.6 Å². The van der Waals surface area contributed by atoms with Crippen LogP contribution < -0.4 is 0 Å². The van der Waals surface area contributed by atoms with Gasteiger partial charge in [-0.15, -0.1) is 24.0 Å². The number of halogens is 1. The van der Waals surface area contributed by atoms with E-state index in [1.165, 1.54) is 6.42 Å². The fourth-order valence-electron chi connectivity index (χ4n) is 0. The second kappa shape index (κ2) is 8.91. The normalized spacial score (nSPS) is 6.00. The van der Waals surface area contributed by atoms with Crippen molar-refractivity contribution in [2.75, 3.05) is 5.75 Å². The van der Waals surface area contributed by atoms with Gasteiger partial charge in [0, 0.05) is 0 Å². The molecule has 0 rings (SSSR count). The highest BCUT2D eigenvalue weighted by molar-refractivity contribution is 14.0. The maximum absolute atomic E-state index is 3.92. The van der Waals surface area contributed by atoms with Gasteiger partial charge < -0.3 is 0 Å². The molecule has 0 aromatic heterocycles. The molecule has 0 aliphatic heterocycles. The maximum atomic E-state index is 3.92. The first-order valence-electron chi connectivity index (χ1n) is 1.52. The van der Waals surface area contributed by atoms with Crippen molar-refractivity contribution < 1.29 is 0 Å². The molecule has 34 valence electrons. The lowest BCUT2D eigenvalue weighted by molar-refractivity contribution is 1.11. The van der Waals surface area contributed by atoms with Gasteiger partial charge in [-0.05, 0) is 12.2 Å². The van der Waals surface area contributed by atoms with E-state index in [-0.39, 0.29) is 24.0 Å². The van der Waals surface area contributed by atoms with E-state index < -0.39 is 0 Å². The second-order valence-electron chi connectivity index (χ2n) is 0.724. The van der Waals surface area contributed by atoms with Crippen molar-refractivity contribution in [2.24, 2.45) is 0 Å². The Labute approximate surface area is 55.8 Å². The first-order chi connectivity index (χ1) is 1.91. The van der Waals surface area contributed by atoms with Crippen LogP contribution in [-0.2, 0) is 0 Å². The summed E-state index contributed by atoms with van der Waals surface area (Å²) in [6.45, 7) is 2.10. The summed E-state index contributed by atoms with van der Waals surface area (Å²) in [5.74, 6) is 1.01. The van der Waals surface area contributed by atoms with Gasteiger partial charge in [-0.25, -0.2) is 0 Å². The monoisotopic (exact) mass is 204 g/mol. The Hall–Kier alpha value is 1.08. The summed E-state index contributed by atoms with van der Waals surface area (Å²) in [5, 5.41) is 0. The Kier molecular flexibility index (Phi) is 16.8. The van der Waals surface area contributed by atoms with Crippen molar-refractivity contribution in [1.82, 2.24) is 0 Å². The minimum atomic E-state index is 0. The van der Waals surface area contributed by atoms with Crippen LogP contribution in [0.1, 0.15) is 13.3 Å². The first kappa shape index (κ1) is 9.43. The lowest BCUT2D eigenvalue weighted by Gasteiger charge is -1.67. The zero-order valence-corrected chi connectivity index (χ0v) is 6.49. The van der Waals surface area contributed by atoms with E-state index in [9.17, 15) is 0 Å². The topological polar surface area (TPSA) is 0 Å². The minimum absolute atomic E-state index is 0. The summed E-state index contributed by atoms with van der Waals surface area (Å²) in [5.41, 5.74) is 0. The molecule has 0 amide bonds. The van der Waals surface area contributed by atoms with E-state index in [1.807, 2.05) is 0 Å². The molecule has 0 aromatic rings. The van der Waals surface area contributed by atoms with Crippen molar-refractivity contribution in [3.63, 3.8) is 0 Å². The molecular formula is C3H9IS. The molecule has 0 aromatic carbocycles. The van der Waals surface area contributed by atoms with E-state index in [0.717, 1.165) is 5.75 Å². The highest BCUT2D eigenvalue weighted by Gasteiger charge is 1.57. The molecule has 0 N–H and O–H groups in total. The lowest BCUT2D eigenvalue weighted by atomic mass is 10.6. The third-order valence-electron chi connectivity index (χ3n) is 0.224. The van der Waals surface area contributed by atoms with Crippen LogP contribution in [0.5, 0.6) is 0 Å². The quantitative estimate of drug-likeness (QED) is 0.489. The molecule has 0 nitrogen and oxygen atoms in total.